The molecule has 0 bridgehead atoms. The molecule has 1 amide bonds. The van der Waals surface area contributed by atoms with Gasteiger partial charge in [-0.2, -0.15) is 0 Å². The van der Waals surface area contributed by atoms with Gasteiger partial charge in [0.2, 0.25) is 5.91 Å². The summed E-state index contributed by atoms with van der Waals surface area (Å²) in [5, 5.41) is 3.05. The van der Waals surface area contributed by atoms with Crippen molar-refractivity contribution in [1.29, 1.82) is 0 Å². The highest BCUT2D eigenvalue weighted by molar-refractivity contribution is 6.30. The Hall–Kier alpha value is -2.15. The van der Waals surface area contributed by atoms with Crippen LogP contribution >= 0.6 is 11.6 Å². The zero-order valence-corrected chi connectivity index (χ0v) is 17.2. The molecule has 2 aromatic carbocycles. The number of benzene rings is 2. The lowest BCUT2D eigenvalue weighted by molar-refractivity contribution is -0.121. The monoisotopic (exact) mass is 417 g/mol. The van der Waals surface area contributed by atoms with Crippen molar-refractivity contribution in [3.63, 3.8) is 0 Å². The van der Waals surface area contributed by atoms with Gasteiger partial charge in [-0.05, 0) is 42.3 Å². The van der Waals surface area contributed by atoms with Gasteiger partial charge in [0, 0.05) is 44.2 Å². The number of carbonyl (C=O) groups excluding carboxylic acids is 1. The number of nitrogens with one attached hydrogen (secondary N) is 1. The van der Waals surface area contributed by atoms with Crippen LogP contribution in [0, 0.1) is 5.82 Å². The summed E-state index contributed by atoms with van der Waals surface area (Å²) in [6, 6.07) is 10.2. The van der Waals surface area contributed by atoms with E-state index < -0.39 is 5.82 Å². The van der Waals surface area contributed by atoms with Gasteiger partial charge in [0.25, 0.3) is 0 Å². The first kappa shape index (κ1) is 20.1. The lowest BCUT2D eigenvalue weighted by Crippen LogP contribution is -2.52. The van der Waals surface area contributed by atoms with E-state index in [1.165, 1.54) is 29.3 Å². The molecule has 0 saturated carbocycles. The number of ether oxygens (including phenoxy) is 1. The van der Waals surface area contributed by atoms with Crippen LogP contribution < -0.4 is 10.1 Å². The summed E-state index contributed by atoms with van der Waals surface area (Å²) in [6.45, 7) is 6.88. The summed E-state index contributed by atoms with van der Waals surface area (Å²) in [5.41, 5.74) is 2.71. The second kappa shape index (κ2) is 8.69. The Morgan fingerprint density at radius 1 is 1.21 bits per heavy atom. The molecule has 1 fully saturated rings. The van der Waals surface area contributed by atoms with Crippen molar-refractivity contribution in [1.82, 2.24) is 9.80 Å². The summed E-state index contributed by atoms with van der Waals surface area (Å²) >= 11 is 5.90. The van der Waals surface area contributed by atoms with Gasteiger partial charge in [0.15, 0.2) is 0 Å². The number of rotatable bonds is 5. The number of amides is 1. The minimum Gasteiger partial charge on any atom is -0.493 e. The van der Waals surface area contributed by atoms with Crippen LogP contribution in [-0.4, -0.2) is 54.5 Å². The van der Waals surface area contributed by atoms with E-state index in [1.54, 1.807) is 0 Å². The molecule has 29 heavy (non-hydrogen) atoms. The summed E-state index contributed by atoms with van der Waals surface area (Å²) in [6.07, 6.45) is 0.983. The van der Waals surface area contributed by atoms with E-state index in [9.17, 15) is 9.18 Å². The smallest absolute Gasteiger partial charge is 0.241 e. The predicted molar refractivity (Wildman–Crippen MR) is 112 cm³/mol. The summed E-state index contributed by atoms with van der Waals surface area (Å²) in [5.74, 6) is 0.298. The van der Waals surface area contributed by atoms with Crippen molar-refractivity contribution in [2.24, 2.45) is 0 Å². The van der Waals surface area contributed by atoms with Crippen LogP contribution in [-0.2, 0) is 17.8 Å². The molecule has 4 rings (SSSR count). The average Bonchev–Trinajstić information content (AvgIpc) is 3.18. The molecule has 154 valence electrons. The third-order valence-electron chi connectivity index (χ3n) is 5.68. The van der Waals surface area contributed by atoms with Gasteiger partial charge in [0.1, 0.15) is 11.6 Å². The van der Waals surface area contributed by atoms with Gasteiger partial charge in [0.05, 0.1) is 18.3 Å². The molecular weight excluding hydrogens is 393 g/mol. The summed E-state index contributed by atoms with van der Waals surface area (Å²) in [4.78, 5) is 17.1. The van der Waals surface area contributed by atoms with Gasteiger partial charge >= 0.3 is 0 Å². The third kappa shape index (κ3) is 4.71. The van der Waals surface area contributed by atoms with Gasteiger partial charge in [-0.15, -0.1) is 0 Å². The molecule has 0 aromatic heterocycles. The number of piperazine rings is 1. The Bertz CT molecular complexity index is 900. The normalized spacial score (nSPS) is 18.2. The fraction of sp³-hybridized carbons (Fsp3) is 0.409. The van der Waals surface area contributed by atoms with E-state index in [1.807, 2.05) is 6.92 Å². The van der Waals surface area contributed by atoms with E-state index in [-0.39, 0.29) is 17.6 Å². The van der Waals surface area contributed by atoms with Gasteiger partial charge in [-0.25, -0.2) is 4.39 Å². The van der Waals surface area contributed by atoms with Crippen molar-refractivity contribution in [2.45, 2.75) is 25.9 Å². The lowest BCUT2D eigenvalue weighted by atomic mass is 10.1. The van der Waals surface area contributed by atoms with Gasteiger partial charge < -0.3 is 10.1 Å². The van der Waals surface area contributed by atoms with Crippen molar-refractivity contribution in [3.05, 3.63) is 58.4 Å². The molecule has 2 aliphatic heterocycles. The maximum atomic E-state index is 13.9. The third-order valence-corrected chi connectivity index (χ3v) is 5.92. The molecule has 7 heteroatoms. The van der Waals surface area contributed by atoms with Crippen molar-refractivity contribution in [2.75, 3.05) is 38.1 Å². The number of hydrogen-bond acceptors (Lipinski definition) is 4. The van der Waals surface area contributed by atoms with Crippen LogP contribution in [0.1, 0.15) is 18.1 Å². The van der Waals surface area contributed by atoms with Crippen molar-refractivity contribution in [3.8, 4) is 5.75 Å². The summed E-state index contributed by atoms with van der Waals surface area (Å²) < 4.78 is 19.4. The van der Waals surface area contributed by atoms with E-state index in [0.29, 0.717) is 5.02 Å². The second-order valence-electron chi connectivity index (χ2n) is 7.64. The molecule has 1 atom stereocenters. The fourth-order valence-electron chi connectivity index (χ4n) is 3.90. The maximum Gasteiger partial charge on any atom is 0.241 e. The van der Waals surface area contributed by atoms with Crippen LogP contribution in [0.5, 0.6) is 5.75 Å². The first-order valence-electron chi connectivity index (χ1n) is 9.96. The van der Waals surface area contributed by atoms with Gasteiger partial charge in [-0.3, -0.25) is 14.6 Å². The molecule has 2 heterocycles. The van der Waals surface area contributed by atoms with E-state index in [0.717, 1.165) is 51.5 Å². The van der Waals surface area contributed by atoms with Crippen LogP contribution in [0.25, 0.3) is 0 Å². The standard InChI is InChI=1S/C22H25ClFN3O2/c1-15(22(28)25-20-13-18(23)3-4-19(20)24)27-9-7-26(8-10-27)14-16-2-5-21-17(12-16)6-11-29-21/h2-5,12-13,15H,6-11,14H2,1H3,(H,25,28). The fourth-order valence-corrected chi connectivity index (χ4v) is 4.07. The largest absolute Gasteiger partial charge is 0.493 e. The van der Waals surface area contributed by atoms with E-state index in [2.05, 4.69) is 33.3 Å². The predicted octanol–water partition coefficient (Wildman–Crippen LogP) is 3.56. The van der Waals surface area contributed by atoms with Crippen molar-refractivity contribution < 1.29 is 13.9 Å². The zero-order chi connectivity index (χ0) is 20.4. The number of carbonyl (C=O) groups is 1. The van der Waals surface area contributed by atoms with Crippen LogP contribution in [0.4, 0.5) is 10.1 Å². The molecule has 2 aliphatic rings. The van der Waals surface area contributed by atoms with E-state index in [4.69, 9.17) is 16.3 Å². The highest BCUT2D eigenvalue weighted by Gasteiger charge is 2.26. The quantitative estimate of drug-likeness (QED) is 0.808. The highest BCUT2D eigenvalue weighted by Crippen LogP contribution is 2.26. The Kier molecular flexibility index (Phi) is 6.04. The van der Waals surface area contributed by atoms with Crippen LogP contribution in [0.3, 0.4) is 0 Å². The SMILES string of the molecule is CC(C(=O)Nc1cc(Cl)ccc1F)N1CCN(Cc2ccc3c(c2)CCO3)CC1. The van der Waals surface area contributed by atoms with Crippen LogP contribution in [0.2, 0.25) is 5.02 Å². The lowest BCUT2D eigenvalue weighted by Gasteiger charge is -2.37. The molecule has 0 aliphatic carbocycles. The Morgan fingerprint density at radius 2 is 2.00 bits per heavy atom. The zero-order valence-electron chi connectivity index (χ0n) is 16.5. The number of hydrogen-bond donors (Lipinski definition) is 1. The minimum absolute atomic E-state index is 0.119. The molecule has 2 aromatic rings. The molecule has 0 spiro atoms. The molecule has 1 unspecified atom stereocenters. The van der Waals surface area contributed by atoms with Crippen molar-refractivity contribution >= 4 is 23.2 Å². The summed E-state index contributed by atoms with van der Waals surface area (Å²) in [7, 11) is 0. The molecule has 1 N–H and O–H groups in total. The number of halogens is 2. The number of fused-ring (bicyclic) bond motifs is 1. The van der Waals surface area contributed by atoms with Crippen LogP contribution in [0.15, 0.2) is 36.4 Å². The number of nitrogens with zero attached hydrogens (tertiary/aromatic N) is 2. The second-order valence-corrected chi connectivity index (χ2v) is 8.08. The Morgan fingerprint density at radius 3 is 2.79 bits per heavy atom. The molecule has 5 nitrogen and oxygen atoms in total. The first-order valence-corrected chi connectivity index (χ1v) is 10.3. The minimum atomic E-state index is -0.487. The number of anilines is 1. The Labute approximate surface area is 175 Å². The average molecular weight is 418 g/mol. The molecular formula is C22H25ClFN3O2. The first-order chi connectivity index (χ1) is 14.0. The molecule has 1 saturated heterocycles. The maximum absolute atomic E-state index is 13.9. The topological polar surface area (TPSA) is 44.8 Å². The van der Waals surface area contributed by atoms with Gasteiger partial charge in [-0.1, -0.05) is 23.7 Å². The Balaban J connectivity index is 1.29. The molecule has 0 radical (unpaired) electrons. The van der Waals surface area contributed by atoms with E-state index >= 15 is 0 Å². The highest BCUT2D eigenvalue weighted by atomic mass is 35.5.